The van der Waals surface area contributed by atoms with Gasteiger partial charge in [-0.1, -0.05) is 34.1 Å². The van der Waals surface area contributed by atoms with Gasteiger partial charge in [0.25, 0.3) is 0 Å². The summed E-state index contributed by atoms with van der Waals surface area (Å²) in [7, 11) is 0. The van der Waals surface area contributed by atoms with Crippen LogP contribution in [-0.4, -0.2) is 18.0 Å². The van der Waals surface area contributed by atoms with Crippen molar-refractivity contribution in [2.45, 2.75) is 104 Å². The standard InChI is InChI=1S/C22H38O2/c1-14(2)18-9-6-15(3)12-19(18)23-20-10-11-21(4)16-7-8-17(13-16)22(21,5)24-20/h14-20H,6-13H2,1-5H3/t15-,16+,17-,18+,19-,20+,21-,22+/m1/s1. The Labute approximate surface area is 149 Å². The molecule has 0 radical (unpaired) electrons. The van der Waals surface area contributed by atoms with E-state index in [0.717, 1.165) is 30.1 Å². The van der Waals surface area contributed by atoms with Gasteiger partial charge in [0.1, 0.15) is 0 Å². The molecular weight excluding hydrogens is 296 g/mol. The van der Waals surface area contributed by atoms with E-state index < -0.39 is 0 Å². The summed E-state index contributed by atoms with van der Waals surface area (Å²) in [5.41, 5.74) is 0.458. The van der Waals surface area contributed by atoms with Gasteiger partial charge in [0, 0.05) is 0 Å². The summed E-state index contributed by atoms with van der Waals surface area (Å²) in [5.74, 6) is 3.90. The van der Waals surface area contributed by atoms with Crippen molar-refractivity contribution >= 4 is 0 Å². The van der Waals surface area contributed by atoms with Gasteiger partial charge < -0.3 is 9.47 Å². The number of ether oxygens (including phenoxy) is 2. The van der Waals surface area contributed by atoms with Crippen molar-refractivity contribution in [3.8, 4) is 0 Å². The lowest BCUT2D eigenvalue weighted by Crippen LogP contribution is -2.57. The van der Waals surface area contributed by atoms with Crippen LogP contribution >= 0.6 is 0 Å². The zero-order valence-corrected chi connectivity index (χ0v) is 16.5. The molecule has 0 aromatic carbocycles. The highest BCUT2D eigenvalue weighted by Crippen LogP contribution is 2.67. The second-order valence-corrected chi connectivity index (χ2v) is 10.3. The summed E-state index contributed by atoms with van der Waals surface area (Å²) in [6.07, 6.45) is 11.0. The third-order valence-corrected chi connectivity index (χ3v) is 8.81. The van der Waals surface area contributed by atoms with E-state index in [4.69, 9.17) is 9.47 Å². The molecule has 8 atom stereocenters. The van der Waals surface area contributed by atoms with Crippen LogP contribution in [-0.2, 0) is 9.47 Å². The van der Waals surface area contributed by atoms with Crippen LogP contribution in [0.15, 0.2) is 0 Å². The van der Waals surface area contributed by atoms with Crippen LogP contribution in [0.3, 0.4) is 0 Å². The monoisotopic (exact) mass is 334 g/mol. The summed E-state index contributed by atoms with van der Waals surface area (Å²) in [4.78, 5) is 0. The smallest absolute Gasteiger partial charge is 0.158 e. The highest BCUT2D eigenvalue weighted by molar-refractivity contribution is 5.14. The Kier molecular flexibility index (Phi) is 4.32. The first kappa shape index (κ1) is 17.3. The van der Waals surface area contributed by atoms with Gasteiger partial charge in [0.2, 0.25) is 0 Å². The zero-order valence-electron chi connectivity index (χ0n) is 16.5. The van der Waals surface area contributed by atoms with Gasteiger partial charge in [0.15, 0.2) is 6.29 Å². The van der Waals surface area contributed by atoms with Gasteiger partial charge in [-0.15, -0.1) is 0 Å². The Hall–Kier alpha value is -0.0800. The normalized spacial score (nSPS) is 54.2. The second-order valence-electron chi connectivity index (χ2n) is 10.3. The van der Waals surface area contributed by atoms with Gasteiger partial charge in [-0.05, 0) is 86.9 Å². The lowest BCUT2D eigenvalue weighted by Gasteiger charge is -2.55. The minimum atomic E-state index is 0.0407. The van der Waals surface area contributed by atoms with Crippen molar-refractivity contribution in [3.05, 3.63) is 0 Å². The Morgan fingerprint density at radius 1 is 0.958 bits per heavy atom. The van der Waals surface area contributed by atoms with E-state index in [-0.39, 0.29) is 11.9 Å². The van der Waals surface area contributed by atoms with Crippen molar-refractivity contribution in [3.63, 3.8) is 0 Å². The molecule has 0 N–H and O–H groups in total. The predicted molar refractivity (Wildman–Crippen MR) is 97.7 cm³/mol. The van der Waals surface area contributed by atoms with Crippen LogP contribution in [0.5, 0.6) is 0 Å². The predicted octanol–water partition coefficient (Wildman–Crippen LogP) is 5.80. The molecule has 138 valence electrons. The van der Waals surface area contributed by atoms with Crippen molar-refractivity contribution in [1.29, 1.82) is 0 Å². The first-order valence-electron chi connectivity index (χ1n) is 10.7. The Bertz CT molecular complexity index is 475. The van der Waals surface area contributed by atoms with E-state index in [2.05, 4.69) is 34.6 Å². The molecular formula is C22H38O2. The molecule has 4 fully saturated rings. The summed E-state index contributed by atoms with van der Waals surface area (Å²) in [6, 6.07) is 0. The van der Waals surface area contributed by atoms with E-state index >= 15 is 0 Å². The van der Waals surface area contributed by atoms with Gasteiger partial charge in [-0.2, -0.15) is 0 Å². The number of hydrogen-bond donors (Lipinski definition) is 0. The lowest BCUT2D eigenvalue weighted by atomic mass is 9.61. The SMILES string of the molecule is CC(C)[C@@H]1CC[C@@H](C)C[C@H]1O[C@@H]1CC[C@]2(C)[C@H]3CC[C@H](C3)[C@]2(C)O1. The van der Waals surface area contributed by atoms with Crippen LogP contribution < -0.4 is 0 Å². The average Bonchev–Trinajstić information content (AvgIpc) is 3.08. The van der Waals surface area contributed by atoms with Crippen molar-refractivity contribution in [2.75, 3.05) is 0 Å². The van der Waals surface area contributed by atoms with E-state index in [1.54, 1.807) is 0 Å². The maximum absolute atomic E-state index is 6.78. The molecule has 0 aromatic heterocycles. The fraction of sp³-hybridized carbons (Fsp3) is 1.00. The topological polar surface area (TPSA) is 18.5 Å². The summed E-state index contributed by atoms with van der Waals surface area (Å²) in [6.45, 7) is 12.0. The van der Waals surface area contributed by atoms with Crippen molar-refractivity contribution in [2.24, 2.45) is 35.0 Å². The van der Waals surface area contributed by atoms with Crippen LogP contribution in [0.1, 0.15) is 86.0 Å². The highest BCUT2D eigenvalue weighted by atomic mass is 16.7. The molecule has 1 heterocycles. The average molecular weight is 335 g/mol. The molecule has 3 saturated carbocycles. The second kappa shape index (κ2) is 5.98. The third-order valence-electron chi connectivity index (χ3n) is 8.81. The summed E-state index contributed by atoms with van der Waals surface area (Å²) in [5, 5.41) is 0. The number of hydrogen-bond acceptors (Lipinski definition) is 2. The minimum Gasteiger partial charge on any atom is -0.349 e. The molecule has 0 unspecified atom stereocenters. The molecule has 0 aromatic rings. The molecule has 4 rings (SSSR count). The van der Waals surface area contributed by atoms with Gasteiger partial charge >= 0.3 is 0 Å². The van der Waals surface area contributed by atoms with E-state index in [1.165, 1.54) is 44.9 Å². The Morgan fingerprint density at radius 3 is 2.46 bits per heavy atom. The maximum atomic E-state index is 6.78. The van der Waals surface area contributed by atoms with E-state index in [1.807, 2.05) is 0 Å². The van der Waals surface area contributed by atoms with Gasteiger partial charge in [-0.3, -0.25) is 0 Å². The fourth-order valence-electron chi connectivity index (χ4n) is 6.93. The molecule has 2 nitrogen and oxygen atoms in total. The molecule has 2 heteroatoms. The Balaban J connectivity index is 1.46. The van der Waals surface area contributed by atoms with E-state index in [0.29, 0.717) is 17.4 Å². The molecule has 24 heavy (non-hydrogen) atoms. The fourth-order valence-corrected chi connectivity index (χ4v) is 6.93. The molecule has 3 aliphatic carbocycles. The minimum absolute atomic E-state index is 0.0407. The van der Waals surface area contributed by atoms with Crippen LogP contribution in [0, 0.1) is 35.0 Å². The van der Waals surface area contributed by atoms with Crippen molar-refractivity contribution in [1.82, 2.24) is 0 Å². The first-order valence-corrected chi connectivity index (χ1v) is 10.7. The zero-order chi connectivity index (χ0) is 17.1. The molecule has 1 aliphatic heterocycles. The summed E-state index contributed by atoms with van der Waals surface area (Å²) >= 11 is 0. The van der Waals surface area contributed by atoms with Gasteiger partial charge in [0.05, 0.1) is 11.7 Å². The van der Waals surface area contributed by atoms with E-state index in [9.17, 15) is 0 Å². The quantitative estimate of drug-likeness (QED) is 0.650. The van der Waals surface area contributed by atoms with Crippen LogP contribution in [0.2, 0.25) is 0 Å². The maximum Gasteiger partial charge on any atom is 0.158 e. The highest BCUT2D eigenvalue weighted by Gasteiger charge is 2.65. The summed E-state index contributed by atoms with van der Waals surface area (Å²) < 4.78 is 13.5. The Morgan fingerprint density at radius 2 is 1.71 bits per heavy atom. The molecule has 0 spiro atoms. The van der Waals surface area contributed by atoms with Crippen LogP contribution in [0.4, 0.5) is 0 Å². The lowest BCUT2D eigenvalue weighted by molar-refractivity contribution is -0.306. The molecule has 2 bridgehead atoms. The molecule has 0 amide bonds. The third kappa shape index (κ3) is 2.50. The number of fused-ring (bicyclic) bond motifs is 5. The largest absolute Gasteiger partial charge is 0.349 e. The molecule has 4 aliphatic rings. The van der Waals surface area contributed by atoms with Crippen molar-refractivity contribution < 1.29 is 9.47 Å². The molecule has 1 saturated heterocycles. The van der Waals surface area contributed by atoms with Crippen LogP contribution in [0.25, 0.3) is 0 Å². The van der Waals surface area contributed by atoms with Gasteiger partial charge in [-0.25, -0.2) is 0 Å². The number of rotatable bonds is 3. The first-order chi connectivity index (χ1) is 11.3.